The molecule has 0 N–H and O–H groups in total. The van der Waals surface area contributed by atoms with Gasteiger partial charge in [-0.15, -0.1) is 0 Å². The zero-order valence-electron chi connectivity index (χ0n) is 14.5. The van der Waals surface area contributed by atoms with Crippen LogP contribution < -0.4 is 15.9 Å². The fourth-order valence-electron chi connectivity index (χ4n) is 3.50. The lowest BCUT2D eigenvalue weighted by Gasteiger charge is -2.27. The quantitative estimate of drug-likeness (QED) is 0.391. The highest BCUT2D eigenvalue weighted by Gasteiger charge is 2.44. The minimum absolute atomic E-state index is 0.215. The van der Waals surface area contributed by atoms with Gasteiger partial charge in [-0.05, 0) is 55.7 Å². The summed E-state index contributed by atoms with van der Waals surface area (Å²) in [6, 6.07) is 32.7. The predicted molar refractivity (Wildman–Crippen MR) is 110 cm³/mol. The van der Waals surface area contributed by atoms with E-state index in [0.29, 0.717) is 6.42 Å². The minimum atomic E-state index is -1.72. The molecule has 0 spiro atoms. The monoisotopic (exact) mass is 350 g/mol. The highest BCUT2D eigenvalue weighted by Crippen LogP contribution is 2.55. The second kappa shape index (κ2) is 8.92. The van der Waals surface area contributed by atoms with Crippen molar-refractivity contribution in [3.63, 3.8) is 0 Å². The molecule has 0 aliphatic heterocycles. The highest BCUT2D eigenvalue weighted by molar-refractivity contribution is 7.95. The van der Waals surface area contributed by atoms with Crippen molar-refractivity contribution in [3.05, 3.63) is 91.0 Å². The summed E-state index contributed by atoms with van der Waals surface area (Å²) in [6.07, 6.45) is 3.75. The predicted octanol–water partition coefficient (Wildman–Crippen LogP) is 5.12. The van der Waals surface area contributed by atoms with Gasteiger partial charge in [-0.1, -0.05) is 54.6 Å². The maximum Gasteiger partial charge on any atom is 0.112 e. The van der Waals surface area contributed by atoms with E-state index in [2.05, 4.69) is 91.0 Å². The zero-order valence-corrected chi connectivity index (χ0v) is 15.4. The normalized spacial score (nSPS) is 11.4. The Balaban J connectivity index is 2.13. The largest absolute Gasteiger partial charge is 0.251 e. The molecule has 0 unspecified atom stereocenters. The van der Waals surface area contributed by atoms with Crippen molar-refractivity contribution < 1.29 is 4.39 Å². The first kappa shape index (κ1) is 17.8. The molecule has 0 nitrogen and oxygen atoms in total. The van der Waals surface area contributed by atoms with E-state index in [1.54, 1.807) is 0 Å². The molecule has 0 atom stereocenters. The van der Waals surface area contributed by atoms with Crippen LogP contribution in [0.2, 0.25) is 0 Å². The molecule has 2 heteroatoms. The second-order valence-electron chi connectivity index (χ2n) is 6.29. The van der Waals surface area contributed by atoms with Crippen LogP contribution in [-0.2, 0) is 0 Å². The summed E-state index contributed by atoms with van der Waals surface area (Å²) in [6.45, 7) is -0.215. The van der Waals surface area contributed by atoms with Crippen LogP contribution in [0.4, 0.5) is 4.39 Å². The topological polar surface area (TPSA) is 0 Å². The Labute approximate surface area is 151 Å². The molecule has 0 radical (unpaired) electrons. The Hall–Kier alpha value is -1.98. The Morgan fingerprint density at radius 1 is 0.520 bits per heavy atom. The smallest absolute Gasteiger partial charge is 0.112 e. The van der Waals surface area contributed by atoms with Crippen LogP contribution in [-0.4, -0.2) is 12.8 Å². The minimum Gasteiger partial charge on any atom is -0.251 e. The molecule has 0 saturated carbocycles. The molecule has 25 heavy (non-hydrogen) atoms. The lowest BCUT2D eigenvalue weighted by molar-refractivity contribution is 0.460. The first-order valence-corrected chi connectivity index (χ1v) is 11.0. The summed E-state index contributed by atoms with van der Waals surface area (Å²) in [5.41, 5.74) is 0. The number of alkyl halides is 1. The van der Waals surface area contributed by atoms with Crippen LogP contribution in [0.5, 0.6) is 0 Å². The van der Waals surface area contributed by atoms with Gasteiger partial charge in [0.2, 0.25) is 0 Å². The van der Waals surface area contributed by atoms with Gasteiger partial charge in [-0.2, -0.15) is 0 Å². The number of hydrogen-bond acceptors (Lipinski definition) is 0. The Kier molecular flexibility index (Phi) is 6.36. The van der Waals surface area contributed by atoms with Crippen molar-refractivity contribution in [2.45, 2.75) is 19.3 Å². The van der Waals surface area contributed by atoms with Crippen LogP contribution in [0.1, 0.15) is 19.3 Å². The van der Waals surface area contributed by atoms with Crippen LogP contribution in [0.25, 0.3) is 0 Å². The number of unbranched alkanes of at least 4 members (excludes halogenated alkanes) is 2. The maximum atomic E-state index is 12.6. The third kappa shape index (κ3) is 3.99. The molecular formula is C23H25FP+. The first-order valence-electron chi connectivity index (χ1n) is 8.99. The molecule has 3 aromatic carbocycles. The molecule has 0 aliphatic rings. The van der Waals surface area contributed by atoms with Crippen molar-refractivity contribution in [1.29, 1.82) is 0 Å². The Bertz CT molecular complexity index is 644. The van der Waals surface area contributed by atoms with Gasteiger partial charge < -0.3 is 0 Å². The number of rotatable bonds is 8. The fraction of sp³-hybridized carbons (Fsp3) is 0.217. The van der Waals surface area contributed by atoms with Crippen molar-refractivity contribution in [2.24, 2.45) is 0 Å². The van der Waals surface area contributed by atoms with Gasteiger partial charge in [0.05, 0.1) is 12.8 Å². The van der Waals surface area contributed by atoms with Crippen molar-refractivity contribution >= 4 is 23.2 Å². The van der Waals surface area contributed by atoms with Crippen LogP contribution in [0.15, 0.2) is 91.0 Å². The molecule has 0 aliphatic carbocycles. The van der Waals surface area contributed by atoms with E-state index in [1.165, 1.54) is 15.9 Å². The van der Waals surface area contributed by atoms with Gasteiger partial charge in [0.15, 0.2) is 0 Å². The molecule has 128 valence electrons. The van der Waals surface area contributed by atoms with Gasteiger partial charge in [0, 0.05) is 0 Å². The van der Waals surface area contributed by atoms with Crippen LogP contribution in [0.3, 0.4) is 0 Å². The average molecular weight is 350 g/mol. The Morgan fingerprint density at radius 2 is 0.920 bits per heavy atom. The van der Waals surface area contributed by atoms with Gasteiger partial charge in [-0.25, -0.2) is 0 Å². The fourth-order valence-corrected chi connectivity index (χ4v) is 7.91. The van der Waals surface area contributed by atoms with E-state index in [9.17, 15) is 4.39 Å². The molecular weight excluding hydrogens is 325 g/mol. The highest BCUT2D eigenvalue weighted by atomic mass is 31.2. The first-order chi connectivity index (χ1) is 12.4. The van der Waals surface area contributed by atoms with E-state index in [4.69, 9.17) is 0 Å². The second-order valence-corrected chi connectivity index (χ2v) is 9.91. The van der Waals surface area contributed by atoms with Crippen molar-refractivity contribution in [2.75, 3.05) is 12.8 Å². The number of hydrogen-bond donors (Lipinski definition) is 0. The van der Waals surface area contributed by atoms with Gasteiger partial charge in [0.25, 0.3) is 0 Å². The summed E-state index contributed by atoms with van der Waals surface area (Å²) in [5, 5.41) is 4.23. The van der Waals surface area contributed by atoms with E-state index < -0.39 is 7.26 Å². The lowest BCUT2D eigenvalue weighted by atomic mass is 10.3. The Morgan fingerprint density at radius 3 is 1.28 bits per heavy atom. The van der Waals surface area contributed by atoms with Crippen LogP contribution >= 0.6 is 7.26 Å². The number of benzene rings is 3. The third-order valence-corrected chi connectivity index (χ3v) is 9.24. The summed E-state index contributed by atoms with van der Waals surface area (Å²) in [7, 11) is -1.72. The van der Waals surface area contributed by atoms with E-state index in [-0.39, 0.29) is 6.67 Å². The van der Waals surface area contributed by atoms with Gasteiger partial charge in [0.1, 0.15) is 23.2 Å². The van der Waals surface area contributed by atoms with Crippen molar-refractivity contribution in [1.82, 2.24) is 0 Å². The SMILES string of the molecule is [18F]CCCCC[P+](c1ccccc1)(c1ccccc1)c1ccccc1. The molecule has 0 aromatic heterocycles. The molecule has 3 aromatic rings. The van der Waals surface area contributed by atoms with Gasteiger partial charge in [-0.3, -0.25) is 4.39 Å². The zero-order chi connectivity index (χ0) is 17.4. The van der Waals surface area contributed by atoms with E-state index in [1.807, 2.05) is 0 Å². The lowest BCUT2D eigenvalue weighted by Crippen LogP contribution is -2.33. The average Bonchev–Trinajstić information content (AvgIpc) is 2.70. The summed E-state index contributed by atoms with van der Waals surface area (Å²) in [5.74, 6) is 0. The molecule has 3 rings (SSSR count). The van der Waals surface area contributed by atoms with Crippen LogP contribution in [0, 0.1) is 0 Å². The molecule has 0 saturated heterocycles. The van der Waals surface area contributed by atoms with Gasteiger partial charge >= 0.3 is 0 Å². The summed E-state index contributed by atoms with van der Waals surface area (Å²) >= 11 is 0. The molecule has 0 bridgehead atoms. The summed E-state index contributed by atoms with van der Waals surface area (Å²) in [4.78, 5) is 0. The van der Waals surface area contributed by atoms with Crippen molar-refractivity contribution in [3.8, 4) is 0 Å². The maximum absolute atomic E-state index is 12.6. The standard InChI is InChI=1S/C23H25FP/c24-19-11-4-12-20-25(21-13-5-1-6-14-21,22-15-7-2-8-16-22)23-17-9-3-10-18-23/h1-3,5-10,13-18H,4,11-12,19-20H2/q+1/i24-1. The molecule has 0 heterocycles. The molecule has 0 fully saturated rings. The number of halogens is 1. The van der Waals surface area contributed by atoms with E-state index >= 15 is 0 Å². The van der Waals surface area contributed by atoms with E-state index in [0.717, 1.165) is 19.0 Å². The summed E-state index contributed by atoms with van der Waals surface area (Å²) < 4.78 is 12.6. The third-order valence-electron chi connectivity index (χ3n) is 4.72. The molecule has 0 amide bonds.